The summed E-state index contributed by atoms with van der Waals surface area (Å²) in [6.07, 6.45) is -4.34. The quantitative estimate of drug-likeness (QED) is 0.684. The fourth-order valence-corrected chi connectivity index (χ4v) is 4.46. The van der Waals surface area contributed by atoms with Crippen molar-refractivity contribution in [3.05, 3.63) is 64.7 Å². The molecule has 0 aliphatic carbocycles. The maximum absolute atomic E-state index is 13.0. The van der Waals surface area contributed by atoms with Crippen LogP contribution in [0.4, 0.5) is 18.9 Å². The number of hydrogen-bond donors (Lipinski definition) is 0. The summed E-state index contributed by atoms with van der Waals surface area (Å²) in [5.74, 6) is -0.750. The van der Waals surface area contributed by atoms with Gasteiger partial charge in [0.05, 0.1) is 11.5 Å². The van der Waals surface area contributed by atoms with Crippen molar-refractivity contribution >= 4 is 29.1 Å². The lowest BCUT2D eigenvalue weighted by molar-refractivity contribution is -0.137. The van der Waals surface area contributed by atoms with Crippen LogP contribution in [-0.2, 0) is 22.3 Å². The molecule has 5 nitrogen and oxygen atoms in total. The van der Waals surface area contributed by atoms with Gasteiger partial charge in [-0.25, -0.2) is 0 Å². The van der Waals surface area contributed by atoms with Gasteiger partial charge in [-0.05, 0) is 35.9 Å². The Bertz CT molecular complexity index is 1010. The van der Waals surface area contributed by atoms with Gasteiger partial charge in [0.1, 0.15) is 0 Å². The third-order valence-corrected chi connectivity index (χ3v) is 6.19. The first-order valence-electron chi connectivity index (χ1n) is 10.4. The molecule has 9 heteroatoms. The molecule has 2 heterocycles. The molecule has 0 aromatic heterocycles. The third kappa shape index (κ3) is 5.01. The van der Waals surface area contributed by atoms with Crippen LogP contribution >= 0.6 is 11.6 Å². The van der Waals surface area contributed by atoms with Gasteiger partial charge >= 0.3 is 6.18 Å². The second-order valence-corrected chi connectivity index (χ2v) is 8.60. The summed E-state index contributed by atoms with van der Waals surface area (Å²) in [5.41, 5.74) is 0.663. The summed E-state index contributed by atoms with van der Waals surface area (Å²) in [4.78, 5) is 30.8. The smallest absolute Gasteiger partial charge is 0.368 e. The van der Waals surface area contributed by atoms with Crippen LogP contribution in [0.5, 0.6) is 0 Å². The summed E-state index contributed by atoms with van der Waals surface area (Å²) < 4.78 is 38.8. The van der Waals surface area contributed by atoms with Crippen molar-refractivity contribution in [2.24, 2.45) is 5.92 Å². The number of amides is 2. The lowest BCUT2D eigenvalue weighted by Crippen LogP contribution is -2.50. The number of rotatable bonds is 4. The molecule has 0 radical (unpaired) electrons. The Kier molecular flexibility index (Phi) is 6.33. The molecule has 2 saturated heterocycles. The second-order valence-electron chi connectivity index (χ2n) is 8.17. The Labute approximate surface area is 189 Å². The van der Waals surface area contributed by atoms with Crippen molar-refractivity contribution in [2.45, 2.75) is 19.1 Å². The summed E-state index contributed by atoms with van der Waals surface area (Å²) in [6.45, 7) is 2.71. The summed E-state index contributed by atoms with van der Waals surface area (Å²) in [5, 5.41) is 0.659. The lowest BCUT2D eigenvalue weighted by atomic mass is 10.1. The number of nitrogens with zero attached hydrogens (tertiary/aromatic N) is 3. The van der Waals surface area contributed by atoms with Crippen LogP contribution < -0.4 is 4.90 Å². The molecule has 2 aliphatic rings. The number of halogens is 4. The summed E-state index contributed by atoms with van der Waals surface area (Å²) in [6, 6.07) is 12.5. The SMILES string of the molecule is O=C1CC(C(=O)N2CCN(c3cccc(Cl)c3)CC2)CN1Cc1cccc(C(F)(F)F)c1. The maximum Gasteiger partial charge on any atom is 0.416 e. The zero-order valence-corrected chi connectivity index (χ0v) is 18.1. The van der Waals surface area contributed by atoms with E-state index in [-0.39, 0.29) is 31.3 Å². The first kappa shape index (κ1) is 22.5. The molecule has 4 rings (SSSR count). The Morgan fingerprint density at radius 2 is 1.75 bits per heavy atom. The molecule has 1 unspecified atom stereocenters. The fraction of sp³-hybridized carbons (Fsp3) is 0.391. The largest absolute Gasteiger partial charge is 0.416 e. The van der Waals surface area contributed by atoms with E-state index in [1.807, 2.05) is 24.3 Å². The van der Waals surface area contributed by atoms with Crippen molar-refractivity contribution in [3.8, 4) is 0 Å². The number of benzene rings is 2. The molecule has 2 aromatic carbocycles. The molecular weight excluding hydrogens is 443 g/mol. The molecule has 0 N–H and O–H groups in total. The average Bonchev–Trinajstić information content (AvgIpc) is 3.13. The number of hydrogen-bond acceptors (Lipinski definition) is 3. The minimum absolute atomic E-state index is 0.0646. The van der Waals surface area contributed by atoms with Crippen LogP contribution in [0, 0.1) is 5.92 Å². The summed E-state index contributed by atoms with van der Waals surface area (Å²) >= 11 is 6.06. The molecule has 0 bridgehead atoms. The van der Waals surface area contributed by atoms with E-state index < -0.39 is 17.7 Å². The van der Waals surface area contributed by atoms with E-state index in [2.05, 4.69) is 4.90 Å². The highest BCUT2D eigenvalue weighted by atomic mass is 35.5. The average molecular weight is 466 g/mol. The molecule has 32 heavy (non-hydrogen) atoms. The van der Waals surface area contributed by atoms with E-state index in [1.54, 1.807) is 11.0 Å². The van der Waals surface area contributed by atoms with Crippen LogP contribution in [-0.4, -0.2) is 54.3 Å². The van der Waals surface area contributed by atoms with Gasteiger partial charge in [0.2, 0.25) is 11.8 Å². The number of carbonyl (C=O) groups excluding carboxylic acids is 2. The van der Waals surface area contributed by atoms with Crippen LogP contribution in [0.1, 0.15) is 17.5 Å². The first-order chi connectivity index (χ1) is 15.2. The minimum Gasteiger partial charge on any atom is -0.368 e. The van der Waals surface area contributed by atoms with Crippen molar-refractivity contribution in [3.63, 3.8) is 0 Å². The van der Waals surface area contributed by atoms with Gasteiger partial charge in [-0.15, -0.1) is 0 Å². The molecular formula is C23H23ClF3N3O2. The predicted octanol–water partition coefficient (Wildman–Crippen LogP) is 4.06. The highest BCUT2D eigenvalue weighted by Gasteiger charge is 2.37. The molecule has 2 fully saturated rings. The van der Waals surface area contributed by atoms with Crippen LogP contribution in [0.2, 0.25) is 5.02 Å². The number of anilines is 1. The van der Waals surface area contributed by atoms with E-state index >= 15 is 0 Å². The van der Waals surface area contributed by atoms with Crippen molar-refractivity contribution in [1.82, 2.24) is 9.80 Å². The predicted molar refractivity (Wildman–Crippen MR) is 115 cm³/mol. The zero-order valence-electron chi connectivity index (χ0n) is 17.3. The molecule has 170 valence electrons. The van der Waals surface area contributed by atoms with E-state index in [4.69, 9.17) is 11.6 Å². The monoisotopic (exact) mass is 465 g/mol. The van der Waals surface area contributed by atoms with Gasteiger partial charge < -0.3 is 14.7 Å². The fourth-order valence-electron chi connectivity index (χ4n) is 4.27. The molecule has 0 spiro atoms. The normalized spacial score (nSPS) is 19.6. The molecule has 2 aromatic rings. The van der Waals surface area contributed by atoms with Crippen molar-refractivity contribution in [2.75, 3.05) is 37.6 Å². The Hall–Kier alpha value is -2.74. The number of alkyl halides is 3. The van der Waals surface area contributed by atoms with Gasteiger partial charge in [0.25, 0.3) is 0 Å². The first-order valence-corrected chi connectivity index (χ1v) is 10.8. The number of piperazine rings is 1. The number of likely N-dealkylation sites (tertiary alicyclic amines) is 1. The van der Waals surface area contributed by atoms with Gasteiger partial charge in [-0.1, -0.05) is 29.8 Å². The standard InChI is InChI=1S/C23H23ClF3N3O2/c24-19-5-2-6-20(13-19)28-7-9-29(10-8-28)22(32)17-12-21(31)30(15-17)14-16-3-1-4-18(11-16)23(25,26)27/h1-6,11,13,17H,7-10,12,14-15H2. The maximum atomic E-state index is 13.0. The molecule has 2 amide bonds. The molecule has 2 aliphatic heterocycles. The second kappa shape index (κ2) is 9.02. The van der Waals surface area contributed by atoms with E-state index in [0.717, 1.165) is 17.8 Å². The van der Waals surface area contributed by atoms with Gasteiger partial charge in [0.15, 0.2) is 0 Å². The molecule has 1 atom stereocenters. The van der Waals surface area contributed by atoms with Crippen LogP contribution in [0.3, 0.4) is 0 Å². The summed E-state index contributed by atoms with van der Waals surface area (Å²) in [7, 11) is 0. The van der Waals surface area contributed by atoms with Crippen molar-refractivity contribution < 1.29 is 22.8 Å². The van der Waals surface area contributed by atoms with Gasteiger partial charge in [0, 0.05) is 56.4 Å². The number of carbonyl (C=O) groups is 2. The Balaban J connectivity index is 1.34. The van der Waals surface area contributed by atoms with Crippen LogP contribution in [0.15, 0.2) is 48.5 Å². The topological polar surface area (TPSA) is 43.9 Å². The van der Waals surface area contributed by atoms with Crippen molar-refractivity contribution in [1.29, 1.82) is 0 Å². The third-order valence-electron chi connectivity index (χ3n) is 5.96. The van der Waals surface area contributed by atoms with E-state index in [0.29, 0.717) is 36.8 Å². The Morgan fingerprint density at radius 3 is 2.44 bits per heavy atom. The van der Waals surface area contributed by atoms with E-state index in [9.17, 15) is 22.8 Å². The van der Waals surface area contributed by atoms with Crippen LogP contribution in [0.25, 0.3) is 0 Å². The lowest BCUT2D eigenvalue weighted by Gasteiger charge is -2.37. The van der Waals surface area contributed by atoms with E-state index in [1.165, 1.54) is 11.0 Å². The molecule has 0 saturated carbocycles. The van der Waals surface area contributed by atoms with Gasteiger partial charge in [-0.3, -0.25) is 9.59 Å². The van der Waals surface area contributed by atoms with Gasteiger partial charge in [-0.2, -0.15) is 13.2 Å². The minimum atomic E-state index is -4.43. The Morgan fingerprint density at radius 1 is 1.03 bits per heavy atom. The zero-order chi connectivity index (χ0) is 22.9. The highest BCUT2D eigenvalue weighted by molar-refractivity contribution is 6.30. The highest BCUT2D eigenvalue weighted by Crippen LogP contribution is 2.30.